The number of Topliss-reactive ketones (excluding diaryl/α,β-unsaturated/α-hetero) is 1. The van der Waals surface area contributed by atoms with Crippen LogP contribution in [0.4, 0.5) is 0 Å². The fraction of sp³-hybridized carbons (Fsp3) is 0.545. The van der Waals surface area contributed by atoms with Gasteiger partial charge in [-0.15, -0.1) is 0 Å². The van der Waals surface area contributed by atoms with Crippen LogP contribution < -0.4 is 15.0 Å². The Morgan fingerprint density at radius 3 is 2.76 bits per heavy atom. The molecule has 1 fully saturated rings. The Kier molecular flexibility index (Phi) is 9.80. The average Bonchev–Trinajstić information content (AvgIpc) is 2.95. The van der Waals surface area contributed by atoms with E-state index in [0.29, 0.717) is 73.7 Å². The van der Waals surface area contributed by atoms with Gasteiger partial charge in [-0.3, -0.25) is 14.5 Å². The van der Waals surface area contributed by atoms with Gasteiger partial charge in [-0.05, 0) is 62.6 Å². The number of benzene rings is 1. The molecule has 4 atom stereocenters. The number of fused-ring (bicyclic) bond motifs is 5. The number of carbonyl (C=O) groups is 2. The number of piperidine rings is 1. The van der Waals surface area contributed by atoms with Crippen molar-refractivity contribution in [2.75, 3.05) is 33.4 Å². The molecule has 0 aliphatic carbocycles. The number of aliphatic hydroxyl groups excluding tert-OH is 1. The first-order valence-electron chi connectivity index (χ1n) is 15.1. The number of hydrogen-bond donors (Lipinski definition) is 1. The molecule has 0 spiro atoms. The second-order valence-electron chi connectivity index (χ2n) is 11.9. The van der Waals surface area contributed by atoms with E-state index in [9.17, 15) is 19.5 Å². The van der Waals surface area contributed by atoms with Crippen molar-refractivity contribution in [1.29, 1.82) is 0 Å². The number of aromatic nitrogens is 1. The van der Waals surface area contributed by atoms with Crippen LogP contribution in [0.5, 0.6) is 11.5 Å². The smallest absolute Gasteiger partial charge is 0.342 e. The van der Waals surface area contributed by atoms with Crippen molar-refractivity contribution in [2.45, 2.75) is 76.5 Å². The summed E-state index contributed by atoms with van der Waals surface area (Å²) < 4.78 is 19.2. The monoisotopic (exact) mass is 578 g/mol. The van der Waals surface area contributed by atoms with Crippen LogP contribution in [-0.4, -0.2) is 71.9 Å². The Labute approximate surface area is 247 Å². The SMILES string of the molecule is COc1cc(OCC(O)CN2CC3CC(C2)c2cccc(=O)n2C3)cc2c1C(=O)OC(C)CCCC(=O)CCCC=C2. The number of ether oxygens (including phenoxy) is 3. The number of likely N-dealkylation sites (tertiary alicyclic amines) is 1. The third-order valence-electron chi connectivity index (χ3n) is 8.50. The summed E-state index contributed by atoms with van der Waals surface area (Å²) in [6, 6.07) is 8.92. The maximum Gasteiger partial charge on any atom is 0.342 e. The van der Waals surface area contributed by atoms with Crippen molar-refractivity contribution in [1.82, 2.24) is 9.47 Å². The number of rotatable bonds is 6. The lowest BCUT2D eigenvalue weighted by Gasteiger charge is -2.43. The molecule has 3 aliphatic rings. The highest BCUT2D eigenvalue weighted by atomic mass is 16.5. The maximum absolute atomic E-state index is 13.2. The van der Waals surface area contributed by atoms with E-state index in [1.807, 2.05) is 35.8 Å². The Hall–Kier alpha value is -3.43. The van der Waals surface area contributed by atoms with Crippen LogP contribution in [0.25, 0.3) is 6.08 Å². The normalized spacial score (nSPS) is 24.1. The average molecular weight is 579 g/mol. The third kappa shape index (κ3) is 7.31. The Morgan fingerprint density at radius 2 is 1.93 bits per heavy atom. The number of esters is 1. The van der Waals surface area contributed by atoms with Crippen molar-refractivity contribution in [3.63, 3.8) is 0 Å². The van der Waals surface area contributed by atoms with Crippen LogP contribution >= 0.6 is 0 Å². The molecule has 9 nitrogen and oxygen atoms in total. The summed E-state index contributed by atoms with van der Waals surface area (Å²) in [5.41, 5.74) is 2.09. The minimum atomic E-state index is -0.722. The summed E-state index contributed by atoms with van der Waals surface area (Å²) in [7, 11) is 1.51. The minimum absolute atomic E-state index is 0.0618. The quantitative estimate of drug-likeness (QED) is 0.509. The van der Waals surface area contributed by atoms with E-state index in [-0.39, 0.29) is 30.0 Å². The first-order chi connectivity index (χ1) is 20.3. The highest BCUT2D eigenvalue weighted by molar-refractivity contribution is 5.97. The molecule has 0 amide bonds. The summed E-state index contributed by atoms with van der Waals surface area (Å²) >= 11 is 0. The lowest BCUT2D eigenvalue weighted by molar-refractivity contribution is -0.119. The van der Waals surface area contributed by atoms with E-state index >= 15 is 0 Å². The number of carbonyl (C=O) groups excluding carboxylic acids is 2. The largest absolute Gasteiger partial charge is 0.496 e. The van der Waals surface area contributed by atoms with Crippen molar-refractivity contribution in [3.8, 4) is 11.5 Å². The molecule has 0 saturated carbocycles. The molecule has 42 heavy (non-hydrogen) atoms. The van der Waals surface area contributed by atoms with Crippen molar-refractivity contribution in [3.05, 3.63) is 63.6 Å². The number of nitrogens with zero attached hydrogens (tertiary/aromatic N) is 2. The van der Waals surface area contributed by atoms with Crippen molar-refractivity contribution in [2.24, 2.45) is 5.92 Å². The number of aliphatic hydroxyl groups is 1. The highest BCUT2D eigenvalue weighted by Gasteiger charge is 2.35. The zero-order valence-corrected chi connectivity index (χ0v) is 24.6. The number of cyclic esters (lactones) is 1. The van der Waals surface area contributed by atoms with Gasteiger partial charge in [0.1, 0.15) is 35.6 Å². The zero-order valence-electron chi connectivity index (χ0n) is 24.6. The van der Waals surface area contributed by atoms with Crippen LogP contribution in [0.1, 0.15) is 79.4 Å². The van der Waals surface area contributed by atoms with Gasteiger partial charge in [0.05, 0.1) is 13.2 Å². The van der Waals surface area contributed by atoms with Gasteiger partial charge >= 0.3 is 5.97 Å². The summed E-state index contributed by atoms with van der Waals surface area (Å²) in [5, 5.41) is 10.9. The molecule has 5 rings (SSSR count). The van der Waals surface area contributed by atoms with Gasteiger partial charge in [0.25, 0.3) is 5.56 Å². The van der Waals surface area contributed by atoms with Gasteiger partial charge in [-0.25, -0.2) is 4.79 Å². The van der Waals surface area contributed by atoms with E-state index < -0.39 is 12.1 Å². The van der Waals surface area contributed by atoms with Gasteiger partial charge in [-0.1, -0.05) is 18.2 Å². The number of ketones is 1. The Morgan fingerprint density at radius 1 is 1.10 bits per heavy atom. The predicted octanol–water partition coefficient (Wildman–Crippen LogP) is 4.20. The van der Waals surface area contributed by atoms with Gasteiger partial charge in [-0.2, -0.15) is 0 Å². The van der Waals surface area contributed by atoms with Gasteiger partial charge in [0.15, 0.2) is 0 Å². The van der Waals surface area contributed by atoms with Gasteiger partial charge in [0.2, 0.25) is 0 Å². The number of β-amino-alcohol motifs (C(OH)–C–C–N with tert-alkyl or cyclic N) is 1. The summed E-state index contributed by atoms with van der Waals surface area (Å²) in [5.74, 6) is 1.25. The molecule has 1 aromatic heterocycles. The van der Waals surface area contributed by atoms with Gasteiger partial charge < -0.3 is 23.9 Å². The third-order valence-corrected chi connectivity index (χ3v) is 8.50. The van der Waals surface area contributed by atoms with Crippen LogP contribution in [0.2, 0.25) is 0 Å². The van der Waals surface area contributed by atoms with Crippen LogP contribution in [0, 0.1) is 5.92 Å². The molecule has 4 unspecified atom stereocenters. The highest BCUT2D eigenvalue weighted by Crippen LogP contribution is 2.35. The summed E-state index contributed by atoms with van der Waals surface area (Å²) in [4.78, 5) is 39.9. The maximum atomic E-state index is 13.2. The van der Waals surface area contributed by atoms with E-state index in [1.54, 1.807) is 18.2 Å². The van der Waals surface area contributed by atoms with E-state index in [2.05, 4.69) is 4.90 Å². The van der Waals surface area contributed by atoms with Crippen LogP contribution in [-0.2, 0) is 16.1 Å². The molecule has 4 heterocycles. The van der Waals surface area contributed by atoms with Crippen molar-refractivity contribution < 1.29 is 28.9 Å². The molecule has 3 aliphatic heterocycles. The molecule has 1 saturated heterocycles. The molecular formula is C33H42N2O7. The number of methoxy groups -OCH3 is 1. The molecule has 1 aromatic carbocycles. The van der Waals surface area contributed by atoms with Crippen LogP contribution in [0.3, 0.4) is 0 Å². The standard InChI is InChI=1S/C33H42N2O7/c1-22-8-6-11-26(36)10-5-3-4-9-24-15-28(16-30(40-2)32(24)33(39)42-22)41-21-27(37)20-34-17-23-14-25(19-34)29-12-7-13-31(38)35(29)18-23/h4,7,9,12-13,15-16,22-23,25,27,37H,3,5-6,8,10-11,14,17-21H2,1-2H3. The van der Waals surface area contributed by atoms with E-state index in [4.69, 9.17) is 14.2 Å². The lowest BCUT2D eigenvalue weighted by atomic mass is 9.83. The second-order valence-corrected chi connectivity index (χ2v) is 11.9. The topological polar surface area (TPSA) is 107 Å². The summed E-state index contributed by atoms with van der Waals surface area (Å²) in [6.07, 6.45) is 7.63. The zero-order chi connectivity index (χ0) is 29.6. The number of allylic oxidation sites excluding steroid dienone is 1. The number of pyridine rings is 1. The summed E-state index contributed by atoms with van der Waals surface area (Å²) in [6.45, 7) is 4.72. The first-order valence-corrected chi connectivity index (χ1v) is 15.1. The Bertz CT molecular complexity index is 1370. The molecule has 2 bridgehead atoms. The fourth-order valence-electron chi connectivity index (χ4n) is 6.53. The predicted molar refractivity (Wildman–Crippen MR) is 159 cm³/mol. The van der Waals surface area contributed by atoms with E-state index in [0.717, 1.165) is 31.6 Å². The first kappa shape index (κ1) is 30.0. The van der Waals surface area contributed by atoms with Crippen LogP contribution in [0.15, 0.2) is 41.2 Å². The van der Waals surface area contributed by atoms with Gasteiger partial charge in [0, 0.05) is 62.8 Å². The molecule has 2 aromatic rings. The molecular weight excluding hydrogens is 536 g/mol. The number of hydrogen-bond acceptors (Lipinski definition) is 8. The molecule has 9 heteroatoms. The van der Waals surface area contributed by atoms with Crippen molar-refractivity contribution >= 4 is 17.8 Å². The molecule has 1 N–H and O–H groups in total. The molecule has 0 radical (unpaired) electrons. The minimum Gasteiger partial charge on any atom is -0.496 e. The van der Waals surface area contributed by atoms with E-state index in [1.165, 1.54) is 7.11 Å². The Balaban J connectivity index is 1.26. The molecule has 226 valence electrons. The fourth-order valence-corrected chi connectivity index (χ4v) is 6.53. The lowest BCUT2D eigenvalue weighted by Crippen LogP contribution is -2.49. The second kappa shape index (κ2) is 13.7.